The van der Waals surface area contributed by atoms with E-state index in [1.807, 2.05) is 48.5 Å². The van der Waals surface area contributed by atoms with Crippen LogP contribution in [0.2, 0.25) is 5.02 Å². The van der Waals surface area contributed by atoms with Crippen LogP contribution in [0.5, 0.6) is 5.75 Å². The molecule has 1 aliphatic heterocycles. The van der Waals surface area contributed by atoms with Crippen molar-refractivity contribution in [1.29, 1.82) is 0 Å². The summed E-state index contributed by atoms with van der Waals surface area (Å²) in [6, 6.07) is 16.8. The molecular weight excluding hydrogens is 378 g/mol. The van der Waals surface area contributed by atoms with E-state index >= 15 is 0 Å². The Balaban J connectivity index is 1.66. The first-order valence-electron chi connectivity index (χ1n) is 8.91. The van der Waals surface area contributed by atoms with Gasteiger partial charge in [-0.2, -0.15) is 0 Å². The molecule has 0 spiro atoms. The first kappa shape index (κ1) is 17.1. The van der Waals surface area contributed by atoms with Crippen molar-refractivity contribution < 1.29 is 13.6 Å². The van der Waals surface area contributed by atoms with E-state index in [4.69, 9.17) is 25.2 Å². The Morgan fingerprint density at radius 1 is 1.07 bits per heavy atom. The van der Waals surface area contributed by atoms with E-state index in [9.17, 15) is 4.79 Å². The number of fused-ring (bicyclic) bond motifs is 3. The second-order valence-corrected chi connectivity index (χ2v) is 7.13. The molecule has 0 unspecified atom stereocenters. The lowest BCUT2D eigenvalue weighted by molar-refractivity contribution is 0.0827. The average molecular weight is 394 g/mol. The van der Waals surface area contributed by atoms with Gasteiger partial charge in [-0.25, -0.2) is 4.79 Å². The van der Waals surface area contributed by atoms with Crippen LogP contribution in [0, 0.1) is 0 Å². The molecule has 4 aromatic rings. The summed E-state index contributed by atoms with van der Waals surface area (Å²) in [5.41, 5.74) is 2.60. The predicted octanol–water partition coefficient (Wildman–Crippen LogP) is 5.06. The largest absolute Gasteiger partial charge is 0.476 e. The first-order valence-corrected chi connectivity index (χ1v) is 9.29. The van der Waals surface area contributed by atoms with Crippen LogP contribution in [0.4, 0.5) is 0 Å². The average Bonchev–Trinajstić information content (AvgIpc) is 3.22. The van der Waals surface area contributed by atoms with Crippen LogP contribution in [0.3, 0.4) is 0 Å². The molecule has 1 aliphatic rings. The summed E-state index contributed by atoms with van der Waals surface area (Å²) in [6.45, 7) is 1.50. The lowest BCUT2D eigenvalue weighted by Crippen LogP contribution is -2.31. The summed E-state index contributed by atoms with van der Waals surface area (Å²) in [4.78, 5) is 14.4. The van der Waals surface area contributed by atoms with Gasteiger partial charge in [0.25, 0.3) is 0 Å². The molecule has 0 N–H and O–H groups in total. The highest BCUT2D eigenvalue weighted by Crippen LogP contribution is 2.41. The van der Waals surface area contributed by atoms with Crippen LogP contribution in [-0.2, 0) is 13.1 Å². The molecule has 2 aromatic carbocycles. The zero-order valence-corrected chi connectivity index (χ0v) is 15.6. The van der Waals surface area contributed by atoms with Crippen molar-refractivity contribution in [2.24, 2.45) is 0 Å². The maximum Gasteiger partial charge on any atom is 0.336 e. The summed E-state index contributed by atoms with van der Waals surface area (Å²) in [5.74, 6) is 1.41. The molecule has 0 aliphatic carbocycles. The third kappa shape index (κ3) is 2.99. The third-order valence-electron chi connectivity index (χ3n) is 4.85. The van der Waals surface area contributed by atoms with Gasteiger partial charge in [0.05, 0.1) is 23.4 Å². The van der Waals surface area contributed by atoms with Gasteiger partial charge >= 0.3 is 5.63 Å². The molecule has 6 heteroatoms. The topological polar surface area (TPSA) is 55.8 Å². The number of nitrogens with zero attached hydrogens (tertiary/aromatic N) is 1. The second kappa shape index (κ2) is 6.86. The summed E-state index contributed by atoms with van der Waals surface area (Å²) in [7, 11) is 0. The normalized spacial score (nSPS) is 14.0. The molecule has 3 heterocycles. The maximum absolute atomic E-state index is 12.3. The molecule has 0 atom stereocenters. The van der Waals surface area contributed by atoms with Gasteiger partial charge in [0.15, 0.2) is 0 Å². The van der Waals surface area contributed by atoms with Gasteiger partial charge in [-0.05, 0) is 29.3 Å². The zero-order chi connectivity index (χ0) is 19.1. The molecule has 0 amide bonds. The molecule has 0 bridgehead atoms. The van der Waals surface area contributed by atoms with Crippen LogP contribution in [0.15, 0.2) is 74.5 Å². The number of halogens is 1. The predicted molar refractivity (Wildman–Crippen MR) is 106 cm³/mol. The third-order valence-corrected chi connectivity index (χ3v) is 5.13. The van der Waals surface area contributed by atoms with Crippen molar-refractivity contribution in [2.75, 3.05) is 6.73 Å². The molecule has 5 nitrogen and oxygen atoms in total. The van der Waals surface area contributed by atoms with E-state index in [0.717, 1.165) is 27.8 Å². The highest BCUT2D eigenvalue weighted by Gasteiger charge is 2.26. The van der Waals surface area contributed by atoms with Crippen LogP contribution in [0.25, 0.3) is 22.1 Å². The van der Waals surface area contributed by atoms with Gasteiger partial charge in [0.2, 0.25) is 0 Å². The molecule has 2 aromatic heterocycles. The Bertz CT molecular complexity index is 1200. The molecular formula is C22H16ClNO4. The molecule has 5 rings (SSSR count). The molecule has 0 saturated heterocycles. The summed E-state index contributed by atoms with van der Waals surface area (Å²) in [5, 5.41) is 1.30. The number of hydrogen-bond donors (Lipinski definition) is 0. The van der Waals surface area contributed by atoms with Gasteiger partial charge in [0, 0.05) is 18.0 Å². The van der Waals surface area contributed by atoms with Crippen molar-refractivity contribution in [1.82, 2.24) is 4.90 Å². The maximum atomic E-state index is 12.3. The van der Waals surface area contributed by atoms with E-state index < -0.39 is 5.63 Å². The number of benzene rings is 2. The van der Waals surface area contributed by atoms with Crippen molar-refractivity contribution in [3.8, 4) is 16.9 Å². The molecule has 0 radical (unpaired) electrons. The van der Waals surface area contributed by atoms with Gasteiger partial charge in [-0.3, -0.25) is 4.90 Å². The number of ether oxygens (including phenoxy) is 1. The van der Waals surface area contributed by atoms with Gasteiger partial charge in [-0.1, -0.05) is 41.9 Å². The van der Waals surface area contributed by atoms with Gasteiger partial charge in [0.1, 0.15) is 23.8 Å². The Morgan fingerprint density at radius 2 is 1.93 bits per heavy atom. The zero-order valence-electron chi connectivity index (χ0n) is 14.9. The summed E-state index contributed by atoms with van der Waals surface area (Å²) >= 11 is 6.53. The number of furan rings is 1. The second-order valence-electron chi connectivity index (χ2n) is 6.73. The van der Waals surface area contributed by atoms with Gasteiger partial charge < -0.3 is 13.6 Å². The van der Waals surface area contributed by atoms with Crippen molar-refractivity contribution in [3.05, 3.63) is 87.6 Å². The van der Waals surface area contributed by atoms with E-state index in [2.05, 4.69) is 4.90 Å². The van der Waals surface area contributed by atoms with Crippen LogP contribution in [0.1, 0.15) is 11.3 Å². The van der Waals surface area contributed by atoms with Crippen molar-refractivity contribution in [3.63, 3.8) is 0 Å². The lowest BCUT2D eigenvalue weighted by Gasteiger charge is -2.29. The quantitative estimate of drug-likeness (QED) is 0.455. The minimum atomic E-state index is -0.404. The Hall–Kier alpha value is -3.02. The monoisotopic (exact) mass is 393 g/mol. The number of hydrogen-bond acceptors (Lipinski definition) is 5. The standard InChI is InChI=1S/C22H16ClNO4/c23-19-9-17-16(14-5-2-1-3-6-14)10-20(25)28-21(17)18-12-24(13-27-22(18)19)11-15-7-4-8-26-15/h1-10H,11-13H2. The lowest BCUT2D eigenvalue weighted by atomic mass is 9.99. The van der Waals surface area contributed by atoms with Crippen LogP contribution >= 0.6 is 11.6 Å². The van der Waals surface area contributed by atoms with E-state index in [1.54, 1.807) is 6.26 Å². The fourth-order valence-corrected chi connectivity index (χ4v) is 3.89. The Morgan fingerprint density at radius 3 is 2.71 bits per heavy atom. The molecule has 0 fully saturated rings. The summed E-state index contributed by atoms with van der Waals surface area (Å²) in [6.07, 6.45) is 1.64. The van der Waals surface area contributed by atoms with Crippen LogP contribution in [-0.4, -0.2) is 11.6 Å². The van der Waals surface area contributed by atoms with E-state index in [1.165, 1.54) is 6.07 Å². The van der Waals surface area contributed by atoms with Crippen molar-refractivity contribution >= 4 is 22.6 Å². The fourth-order valence-electron chi connectivity index (χ4n) is 3.62. The van der Waals surface area contributed by atoms with Crippen molar-refractivity contribution in [2.45, 2.75) is 13.1 Å². The molecule has 0 saturated carbocycles. The SMILES string of the molecule is O=c1cc(-c2ccccc2)c2cc(Cl)c3c(c2o1)CN(Cc1ccco1)CO3. The molecule has 140 valence electrons. The highest BCUT2D eigenvalue weighted by atomic mass is 35.5. The highest BCUT2D eigenvalue weighted by molar-refractivity contribution is 6.33. The summed E-state index contributed by atoms with van der Waals surface area (Å²) < 4.78 is 17.0. The van der Waals surface area contributed by atoms with Crippen LogP contribution < -0.4 is 10.4 Å². The van der Waals surface area contributed by atoms with E-state index in [-0.39, 0.29) is 0 Å². The minimum Gasteiger partial charge on any atom is -0.476 e. The fraction of sp³-hybridized carbons (Fsp3) is 0.136. The first-order chi connectivity index (χ1) is 13.7. The van der Waals surface area contributed by atoms with Gasteiger partial charge in [-0.15, -0.1) is 0 Å². The minimum absolute atomic E-state index is 0.377. The Labute approximate surface area is 165 Å². The smallest absolute Gasteiger partial charge is 0.336 e. The number of rotatable bonds is 3. The molecule has 28 heavy (non-hydrogen) atoms. The van der Waals surface area contributed by atoms with E-state index in [0.29, 0.717) is 36.2 Å². The Kier molecular flexibility index (Phi) is 4.19.